The van der Waals surface area contributed by atoms with Gasteiger partial charge in [-0.3, -0.25) is 0 Å². The zero-order valence-electron chi connectivity index (χ0n) is 20.7. The predicted octanol–water partition coefficient (Wildman–Crippen LogP) is 7.74. The van der Waals surface area contributed by atoms with Crippen LogP contribution < -0.4 is 10.2 Å². The second-order valence-corrected chi connectivity index (χ2v) is 10.2. The molecular weight excluding hydrogens is 555 g/mol. The molecule has 0 saturated carbocycles. The predicted molar refractivity (Wildman–Crippen MR) is 158 cm³/mol. The van der Waals surface area contributed by atoms with Gasteiger partial charge in [-0.2, -0.15) is 0 Å². The number of halogens is 3. The summed E-state index contributed by atoms with van der Waals surface area (Å²) in [5.74, 6) is 0.998. The standard InChI is InChI=1S/C29H23Cl3N6O/c30-19-6-4-18(5-7-19)26-27(37-28(36-26)25-22(31)2-1-3-23(25)32)24-12-13-33-29(35-24)34-20-8-10-21(11-9-20)38-14-16-39-17-15-38/h1-13H,14-17H2,(H,36,37)(H,33,34,35). The number of nitrogens with zero attached hydrogens (tertiary/aromatic N) is 4. The Labute approximate surface area is 240 Å². The molecule has 0 unspecified atom stereocenters. The molecule has 7 nitrogen and oxygen atoms in total. The monoisotopic (exact) mass is 576 g/mol. The van der Waals surface area contributed by atoms with E-state index in [0.717, 1.165) is 43.2 Å². The zero-order chi connectivity index (χ0) is 26.8. The number of rotatable bonds is 6. The maximum absolute atomic E-state index is 6.51. The van der Waals surface area contributed by atoms with Crippen molar-refractivity contribution < 1.29 is 4.74 Å². The summed E-state index contributed by atoms with van der Waals surface area (Å²) in [6.45, 7) is 3.27. The fourth-order valence-electron chi connectivity index (χ4n) is 4.48. The number of hydrogen-bond acceptors (Lipinski definition) is 6. The van der Waals surface area contributed by atoms with Gasteiger partial charge in [-0.15, -0.1) is 0 Å². The van der Waals surface area contributed by atoms with Crippen LogP contribution in [0.5, 0.6) is 0 Å². The first-order valence-corrected chi connectivity index (χ1v) is 13.5. The Morgan fingerprint density at radius 3 is 2.26 bits per heavy atom. The molecule has 39 heavy (non-hydrogen) atoms. The lowest BCUT2D eigenvalue weighted by Gasteiger charge is -2.28. The van der Waals surface area contributed by atoms with Gasteiger partial charge >= 0.3 is 0 Å². The van der Waals surface area contributed by atoms with Gasteiger partial charge in [-0.1, -0.05) is 53.0 Å². The minimum atomic E-state index is 0.459. The number of imidazole rings is 1. The molecule has 1 fully saturated rings. The Kier molecular flexibility index (Phi) is 7.39. The molecule has 1 saturated heterocycles. The highest BCUT2D eigenvalue weighted by atomic mass is 35.5. The van der Waals surface area contributed by atoms with Gasteiger partial charge in [0.1, 0.15) is 5.82 Å². The quantitative estimate of drug-likeness (QED) is 0.215. The largest absolute Gasteiger partial charge is 0.378 e. The van der Waals surface area contributed by atoms with Crippen LogP contribution in [0.15, 0.2) is 79.0 Å². The number of hydrogen-bond donors (Lipinski definition) is 2. The molecule has 3 aromatic carbocycles. The molecule has 6 rings (SSSR count). The van der Waals surface area contributed by atoms with E-state index in [1.165, 1.54) is 0 Å². The number of anilines is 3. The van der Waals surface area contributed by atoms with Crippen LogP contribution >= 0.6 is 34.8 Å². The second-order valence-electron chi connectivity index (χ2n) is 8.95. The van der Waals surface area contributed by atoms with Gasteiger partial charge in [-0.05, 0) is 54.6 Å². The summed E-state index contributed by atoms with van der Waals surface area (Å²) in [5.41, 5.74) is 5.59. The Morgan fingerprint density at radius 2 is 1.54 bits per heavy atom. The van der Waals surface area contributed by atoms with Crippen molar-refractivity contribution in [3.05, 3.63) is 94.1 Å². The number of ether oxygens (including phenoxy) is 1. The Balaban J connectivity index is 1.34. The van der Waals surface area contributed by atoms with Crippen molar-refractivity contribution >= 4 is 52.1 Å². The van der Waals surface area contributed by atoms with Gasteiger partial charge in [0, 0.05) is 41.2 Å². The van der Waals surface area contributed by atoms with E-state index in [-0.39, 0.29) is 0 Å². The highest BCUT2D eigenvalue weighted by Gasteiger charge is 2.20. The van der Waals surface area contributed by atoms with Gasteiger partial charge in [0.25, 0.3) is 0 Å². The SMILES string of the molecule is Clc1ccc(-c2nc(-c3c(Cl)cccc3Cl)[nH]c2-c2ccnc(Nc3ccc(N4CCOCC4)cc3)n2)cc1. The molecule has 2 aromatic heterocycles. The molecule has 0 bridgehead atoms. The molecule has 0 spiro atoms. The zero-order valence-corrected chi connectivity index (χ0v) is 22.9. The van der Waals surface area contributed by atoms with Crippen LogP contribution in [0.3, 0.4) is 0 Å². The normalized spacial score (nSPS) is 13.5. The topological polar surface area (TPSA) is 79.0 Å². The van der Waals surface area contributed by atoms with E-state index in [4.69, 9.17) is 49.5 Å². The first kappa shape index (κ1) is 25.6. The third-order valence-electron chi connectivity index (χ3n) is 6.43. The van der Waals surface area contributed by atoms with Crippen LogP contribution in [-0.2, 0) is 4.74 Å². The summed E-state index contributed by atoms with van der Waals surface area (Å²) >= 11 is 19.2. The number of morpholine rings is 1. The van der Waals surface area contributed by atoms with E-state index >= 15 is 0 Å². The molecule has 5 aromatic rings. The fourth-order valence-corrected chi connectivity index (χ4v) is 5.18. The Bertz CT molecular complexity index is 1580. The second kappa shape index (κ2) is 11.2. The van der Waals surface area contributed by atoms with E-state index in [1.54, 1.807) is 24.4 Å². The van der Waals surface area contributed by atoms with Crippen LogP contribution in [0, 0.1) is 0 Å². The minimum Gasteiger partial charge on any atom is -0.378 e. The third kappa shape index (κ3) is 5.58. The molecule has 3 heterocycles. The minimum absolute atomic E-state index is 0.459. The number of benzene rings is 3. The van der Waals surface area contributed by atoms with Gasteiger partial charge < -0.3 is 19.9 Å². The van der Waals surface area contributed by atoms with Gasteiger partial charge in [0.15, 0.2) is 0 Å². The molecule has 1 aliphatic heterocycles. The summed E-state index contributed by atoms with van der Waals surface area (Å²) in [7, 11) is 0. The number of aromatic amines is 1. The summed E-state index contributed by atoms with van der Waals surface area (Å²) in [6.07, 6.45) is 1.71. The van der Waals surface area contributed by atoms with Crippen molar-refractivity contribution in [1.82, 2.24) is 19.9 Å². The molecule has 2 N–H and O–H groups in total. The number of nitrogens with one attached hydrogen (secondary N) is 2. The first-order chi connectivity index (χ1) is 19.0. The van der Waals surface area contributed by atoms with Crippen LogP contribution in [0.4, 0.5) is 17.3 Å². The maximum atomic E-state index is 6.51. The summed E-state index contributed by atoms with van der Waals surface area (Å²) in [5, 5.41) is 4.94. The summed E-state index contributed by atoms with van der Waals surface area (Å²) in [6, 6.07) is 22.9. The lowest BCUT2D eigenvalue weighted by molar-refractivity contribution is 0.122. The van der Waals surface area contributed by atoms with Gasteiger partial charge in [0.2, 0.25) is 5.95 Å². The van der Waals surface area contributed by atoms with Crippen molar-refractivity contribution in [2.24, 2.45) is 0 Å². The van der Waals surface area contributed by atoms with Gasteiger partial charge in [-0.25, -0.2) is 15.0 Å². The van der Waals surface area contributed by atoms with Crippen LogP contribution in [0.2, 0.25) is 15.1 Å². The number of H-pyrrole nitrogens is 1. The molecule has 1 aliphatic rings. The highest BCUT2D eigenvalue weighted by molar-refractivity contribution is 6.39. The molecule has 0 aliphatic carbocycles. The van der Waals surface area contributed by atoms with Crippen molar-refractivity contribution in [3.63, 3.8) is 0 Å². The van der Waals surface area contributed by atoms with E-state index in [1.807, 2.05) is 42.5 Å². The molecule has 10 heteroatoms. The van der Waals surface area contributed by atoms with E-state index in [0.29, 0.717) is 49.5 Å². The number of aromatic nitrogens is 4. The lowest BCUT2D eigenvalue weighted by Crippen LogP contribution is -2.36. The lowest BCUT2D eigenvalue weighted by atomic mass is 10.1. The summed E-state index contributed by atoms with van der Waals surface area (Å²) < 4.78 is 5.46. The molecule has 196 valence electrons. The molecular formula is C29H23Cl3N6O. The van der Waals surface area contributed by atoms with Crippen LogP contribution in [0.1, 0.15) is 0 Å². The van der Waals surface area contributed by atoms with E-state index < -0.39 is 0 Å². The van der Waals surface area contributed by atoms with Crippen molar-refractivity contribution in [3.8, 4) is 34.0 Å². The van der Waals surface area contributed by atoms with Crippen molar-refractivity contribution in [2.75, 3.05) is 36.5 Å². The van der Waals surface area contributed by atoms with E-state index in [9.17, 15) is 0 Å². The highest BCUT2D eigenvalue weighted by Crippen LogP contribution is 2.38. The average Bonchev–Trinajstić information content (AvgIpc) is 3.39. The average molecular weight is 578 g/mol. The van der Waals surface area contributed by atoms with Gasteiger partial charge in [0.05, 0.1) is 45.9 Å². The maximum Gasteiger partial charge on any atom is 0.227 e. The van der Waals surface area contributed by atoms with Crippen molar-refractivity contribution in [2.45, 2.75) is 0 Å². The van der Waals surface area contributed by atoms with Crippen LogP contribution in [0.25, 0.3) is 34.0 Å². The Morgan fingerprint density at radius 1 is 0.821 bits per heavy atom. The smallest absolute Gasteiger partial charge is 0.227 e. The molecule has 0 radical (unpaired) electrons. The third-order valence-corrected chi connectivity index (χ3v) is 7.31. The summed E-state index contributed by atoms with van der Waals surface area (Å²) in [4.78, 5) is 19.8. The molecule has 0 atom stereocenters. The van der Waals surface area contributed by atoms with E-state index in [2.05, 4.69) is 32.3 Å². The van der Waals surface area contributed by atoms with Crippen molar-refractivity contribution in [1.29, 1.82) is 0 Å². The van der Waals surface area contributed by atoms with Crippen LogP contribution in [-0.4, -0.2) is 46.2 Å². The Hall–Kier alpha value is -3.62. The molecule has 0 amide bonds. The fraction of sp³-hybridized carbons (Fsp3) is 0.138. The first-order valence-electron chi connectivity index (χ1n) is 12.4.